The third kappa shape index (κ3) is 4.18. The second-order valence-corrected chi connectivity index (χ2v) is 4.51. The lowest BCUT2D eigenvalue weighted by molar-refractivity contribution is -0.124. The molecule has 0 aliphatic rings. The minimum Gasteiger partial charge on any atom is -0.299 e. The number of pyridine rings is 1. The SMILES string of the molecule is O=C/C=C(\c1cccnc1)c1ccc(/C=C/C(=O)NO)cc1F. The molecule has 1 amide bonds. The molecule has 0 fully saturated rings. The maximum absolute atomic E-state index is 14.4. The molecule has 0 saturated carbocycles. The highest BCUT2D eigenvalue weighted by Gasteiger charge is 2.10. The Morgan fingerprint density at radius 1 is 1.30 bits per heavy atom. The number of rotatable bonds is 5. The van der Waals surface area contributed by atoms with E-state index >= 15 is 0 Å². The lowest BCUT2D eigenvalue weighted by atomic mass is 9.97. The molecule has 2 aromatic rings. The first-order valence-electron chi connectivity index (χ1n) is 6.63. The molecule has 2 rings (SSSR count). The van der Waals surface area contributed by atoms with Crippen molar-refractivity contribution in [3.8, 4) is 0 Å². The van der Waals surface area contributed by atoms with Crippen molar-refractivity contribution >= 4 is 23.8 Å². The van der Waals surface area contributed by atoms with E-state index in [2.05, 4.69) is 4.98 Å². The second-order valence-electron chi connectivity index (χ2n) is 4.51. The first kappa shape index (κ1) is 16.3. The number of carbonyl (C=O) groups excluding carboxylic acids is 2. The number of nitrogens with one attached hydrogen (secondary N) is 1. The number of benzene rings is 1. The van der Waals surface area contributed by atoms with E-state index in [-0.39, 0.29) is 5.56 Å². The van der Waals surface area contributed by atoms with Crippen molar-refractivity contribution < 1.29 is 19.2 Å². The molecule has 1 aromatic heterocycles. The monoisotopic (exact) mass is 312 g/mol. The van der Waals surface area contributed by atoms with Crippen molar-refractivity contribution in [2.75, 3.05) is 0 Å². The zero-order valence-corrected chi connectivity index (χ0v) is 11.9. The van der Waals surface area contributed by atoms with Crippen molar-refractivity contribution in [1.82, 2.24) is 10.5 Å². The summed E-state index contributed by atoms with van der Waals surface area (Å²) < 4.78 is 14.4. The van der Waals surface area contributed by atoms with E-state index in [1.54, 1.807) is 24.4 Å². The zero-order valence-electron chi connectivity index (χ0n) is 11.9. The number of carbonyl (C=O) groups is 2. The third-order valence-corrected chi connectivity index (χ3v) is 3.03. The Hall–Kier alpha value is -3.12. The molecule has 0 bridgehead atoms. The van der Waals surface area contributed by atoms with Crippen molar-refractivity contribution in [1.29, 1.82) is 0 Å². The van der Waals surface area contributed by atoms with E-state index in [0.717, 1.165) is 6.08 Å². The Kier molecular flexibility index (Phi) is 5.49. The molecule has 0 aliphatic heterocycles. The molecule has 0 atom stereocenters. The number of halogens is 1. The number of hydrogen-bond donors (Lipinski definition) is 2. The summed E-state index contributed by atoms with van der Waals surface area (Å²) in [4.78, 5) is 25.7. The van der Waals surface area contributed by atoms with E-state index in [4.69, 9.17) is 5.21 Å². The van der Waals surface area contributed by atoms with Gasteiger partial charge in [0.1, 0.15) is 12.1 Å². The Morgan fingerprint density at radius 3 is 2.74 bits per heavy atom. The lowest BCUT2D eigenvalue weighted by Gasteiger charge is -2.09. The van der Waals surface area contributed by atoms with Crippen molar-refractivity contribution in [2.45, 2.75) is 0 Å². The largest absolute Gasteiger partial charge is 0.299 e. The number of amides is 1. The van der Waals surface area contributed by atoms with Crippen LogP contribution in [0.15, 0.2) is 54.9 Å². The van der Waals surface area contributed by atoms with Crippen molar-refractivity contribution in [3.63, 3.8) is 0 Å². The maximum Gasteiger partial charge on any atom is 0.267 e. The highest BCUT2D eigenvalue weighted by atomic mass is 19.1. The highest BCUT2D eigenvalue weighted by Crippen LogP contribution is 2.25. The molecule has 6 heteroatoms. The van der Waals surface area contributed by atoms with E-state index < -0.39 is 11.7 Å². The zero-order chi connectivity index (χ0) is 16.7. The van der Waals surface area contributed by atoms with Crippen LogP contribution in [0.25, 0.3) is 11.6 Å². The van der Waals surface area contributed by atoms with Crippen LogP contribution in [0.4, 0.5) is 4.39 Å². The molecule has 5 nitrogen and oxygen atoms in total. The minimum absolute atomic E-state index is 0.244. The predicted molar refractivity (Wildman–Crippen MR) is 82.7 cm³/mol. The normalized spacial score (nSPS) is 11.5. The van der Waals surface area contributed by atoms with Gasteiger partial charge in [-0.2, -0.15) is 0 Å². The smallest absolute Gasteiger partial charge is 0.267 e. The molecule has 1 heterocycles. The summed E-state index contributed by atoms with van der Waals surface area (Å²) in [5, 5.41) is 8.40. The average Bonchev–Trinajstić information content (AvgIpc) is 2.59. The average molecular weight is 312 g/mol. The van der Waals surface area contributed by atoms with Gasteiger partial charge in [0.15, 0.2) is 0 Å². The van der Waals surface area contributed by atoms with Crippen LogP contribution in [0, 0.1) is 5.82 Å². The van der Waals surface area contributed by atoms with Gasteiger partial charge in [-0.1, -0.05) is 18.2 Å². The first-order valence-corrected chi connectivity index (χ1v) is 6.63. The Morgan fingerprint density at radius 2 is 2.13 bits per heavy atom. The van der Waals surface area contributed by atoms with Gasteiger partial charge in [0.25, 0.3) is 5.91 Å². The van der Waals surface area contributed by atoms with E-state index in [9.17, 15) is 14.0 Å². The minimum atomic E-state index is -0.716. The molecule has 116 valence electrons. The molecule has 0 spiro atoms. The summed E-state index contributed by atoms with van der Waals surface area (Å²) in [5.41, 5.74) is 3.15. The fraction of sp³-hybridized carbons (Fsp3) is 0. The van der Waals surface area contributed by atoms with E-state index in [0.29, 0.717) is 23.0 Å². The third-order valence-electron chi connectivity index (χ3n) is 3.03. The molecule has 0 saturated heterocycles. The Balaban J connectivity index is 2.39. The lowest BCUT2D eigenvalue weighted by Crippen LogP contribution is -2.14. The number of aldehydes is 1. The fourth-order valence-corrected chi connectivity index (χ4v) is 1.99. The summed E-state index contributed by atoms with van der Waals surface area (Å²) in [6.07, 6.45) is 7.39. The molecule has 1 aromatic carbocycles. The van der Waals surface area contributed by atoms with Crippen molar-refractivity contribution in [2.24, 2.45) is 0 Å². The van der Waals surface area contributed by atoms with Crippen LogP contribution < -0.4 is 5.48 Å². The summed E-state index contributed by atoms with van der Waals surface area (Å²) in [6, 6.07) is 7.74. The topological polar surface area (TPSA) is 79.3 Å². The predicted octanol–water partition coefficient (Wildman–Crippen LogP) is 2.37. The second kappa shape index (κ2) is 7.77. The van der Waals surface area contributed by atoms with Gasteiger partial charge in [0, 0.05) is 29.6 Å². The highest BCUT2D eigenvalue weighted by molar-refractivity contribution is 5.91. The summed E-state index contributed by atoms with van der Waals surface area (Å²) in [7, 11) is 0. The van der Waals surface area contributed by atoms with Gasteiger partial charge in [-0.3, -0.25) is 19.8 Å². The van der Waals surface area contributed by atoms with Crippen LogP contribution in [-0.2, 0) is 9.59 Å². The number of nitrogens with zero attached hydrogens (tertiary/aromatic N) is 1. The quantitative estimate of drug-likeness (QED) is 0.384. The van der Waals surface area contributed by atoms with Gasteiger partial charge in [-0.05, 0) is 35.4 Å². The van der Waals surface area contributed by atoms with Crippen molar-refractivity contribution in [3.05, 3.63) is 77.4 Å². The molecule has 0 radical (unpaired) electrons. The van der Waals surface area contributed by atoms with Gasteiger partial charge in [-0.15, -0.1) is 0 Å². The van der Waals surface area contributed by atoms with Crippen LogP contribution in [0.2, 0.25) is 0 Å². The molecule has 0 unspecified atom stereocenters. The van der Waals surface area contributed by atoms with Crippen LogP contribution in [0.3, 0.4) is 0 Å². The van der Waals surface area contributed by atoms with Crippen LogP contribution >= 0.6 is 0 Å². The van der Waals surface area contributed by atoms with Crippen LogP contribution in [0.1, 0.15) is 16.7 Å². The Labute approximate surface area is 131 Å². The van der Waals surface area contributed by atoms with Gasteiger partial charge in [0.2, 0.25) is 0 Å². The molecule has 23 heavy (non-hydrogen) atoms. The molecular formula is C17H13FN2O3. The standard InChI is InChI=1S/C17H13FN2O3/c18-16-10-12(4-6-17(22)20-23)3-5-15(16)14(7-9-21)13-2-1-8-19-11-13/h1-11,23H,(H,20,22)/b6-4+,14-7+. The van der Waals surface area contributed by atoms with Crippen LogP contribution in [-0.4, -0.2) is 22.4 Å². The fourth-order valence-electron chi connectivity index (χ4n) is 1.99. The number of allylic oxidation sites excluding steroid dienone is 1. The molecular weight excluding hydrogens is 299 g/mol. The maximum atomic E-state index is 14.4. The van der Waals surface area contributed by atoms with Gasteiger partial charge in [-0.25, -0.2) is 9.87 Å². The number of hydrogen-bond acceptors (Lipinski definition) is 4. The van der Waals surface area contributed by atoms with Crippen LogP contribution in [0.5, 0.6) is 0 Å². The number of hydroxylamine groups is 1. The summed E-state index contributed by atoms with van der Waals surface area (Å²) in [6.45, 7) is 0. The molecule has 2 N–H and O–H groups in total. The number of aromatic nitrogens is 1. The molecule has 0 aliphatic carbocycles. The first-order chi connectivity index (χ1) is 11.2. The van der Waals surface area contributed by atoms with E-state index in [1.807, 2.05) is 0 Å². The summed E-state index contributed by atoms with van der Waals surface area (Å²) >= 11 is 0. The van der Waals surface area contributed by atoms with Gasteiger partial charge >= 0.3 is 0 Å². The Bertz CT molecular complexity index is 771. The summed E-state index contributed by atoms with van der Waals surface area (Å²) in [5.74, 6) is -1.26. The van der Waals surface area contributed by atoms with E-state index in [1.165, 1.54) is 36.0 Å². The van der Waals surface area contributed by atoms with Gasteiger partial charge < -0.3 is 0 Å². The van der Waals surface area contributed by atoms with Gasteiger partial charge in [0.05, 0.1) is 0 Å².